The number of aromatic nitrogens is 1. The predicted octanol–water partition coefficient (Wildman–Crippen LogP) is 6.06. The number of carbonyl (C=O) groups excluding carboxylic acids is 3. The lowest BCUT2D eigenvalue weighted by atomic mass is 9.90. The molecule has 1 aliphatic carbocycles. The number of benzene rings is 2. The monoisotopic (exact) mass is 614 g/mol. The maximum atomic E-state index is 12.6. The van der Waals surface area contributed by atoms with Gasteiger partial charge in [-0.1, -0.05) is 55.8 Å². The van der Waals surface area contributed by atoms with Crippen LogP contribution in [0, 0.1) is 18.7 Å². The van der Waals surface area contributed by atoms with Crippen molar-refractivity contribution in [3.63, 3.8) is 0 Å². The van der Waals surface area contributed by atoms with Gasteiger partial charge in [0.1, 0.15) is 5.82 Å². The zero-order valence-electron chi connectivity index (χ0n) is 25.6. The van der Waals surface area contributed by atoms with E-state index < -0.39 is 5.91 Å². The first-order chi connectivity index (χ1) is 21.1. The second-order valence-corrected chi connectivity index (χ2v) is 12.3. The lowest BCUT2D eigenvalue weighted by Crippen LogP contribution is -2.34. The number of nitrogens with two attached hydrogens (primary N) is 1. The van der Waals surface area contributed by atoms with Crippen LogP contribution in [0.2, 0.25) is 0 Å². The summed E-state index contributed by atoms with van der Waals surface area (Å²) >= 11 is 1.23. The molecule has 0 atom stereocenters. The van der Waals surface area contributed by atoms with Gasteiger partial charge in [0.25, 0.3) is 17.7 Å². The molecule has 0 saturated heterocycles. The maximum Gasteiger partial charge on any atom is 0.261 e. The lowest BCUT2D eigenvalue weighted by Gasteiger charge is -2.23. The predicted molar refractivity (Wildman–Crippen MR) is 174 cm³/mol. The minimum Gasteiger partial charge on any atom is -0.366 e. The Morgan fingerprint density at radius 2 is 1.66 bits per heavy atom. The van der Waals surface area contributed by atoms with E-state index in [2.05, 4.69) is 39.9 Å². The quantitative estimate of drug-likeness (QED) is 0.254. The molecule has 4 N–H and O–H groups in total. The molecule has 44 heavy (non-hydrogen) atoms. The van der Waals surface area contributed by atoms with E-state index in [1.807, 2.05) is 20.8 Å². The summed E-state index contributed by atoms with van der Waals surface area (Å²) in [5.74, 6) is -1.02. The molecule has 0 spiro atoms. The van der Waals surface area contributed by atoms with E-state index in [0.29, 0.717) is 51.7 Å². The van der Waals surface area contributed by atoms with E-state index in [1.165, 1.54) is 42.7 Å². The van der Waals surface area contributed by atoms with Gasteiger partial charge in [-0.2, -0.15) is 0 Å². The fourth-order valence-corrected chi connectivity index (χ4v) is 6.32. The molecule has 2 aromatic heterocycles. The van der Waals surface area contributed by atoms with Crippen molar-refractivity contribution in [2.75, 3.05) is 13.6 Å². The van der Waals surface area contributed by atoms with Gasteiger partial charge in [-0.15, -0.1) is 11.3 Å². The molecular weight excluding hydrogens is 575 g/mol. The molecule has 7 nitrogen and oxygen atoms in total. The van der Waals surface area contributed by atoms with Crippen molar-refractivity contribution < 1.29 is 18.8 Å². The highest BCUT2D eigenvalue weighted by Crippen LogP contribution is 2.37. The average molecular weight is 615 g/mol. The second-order valence-electron chi connectivity index (χ2n) is 11.3. The van der Waals surface area contributed by atoms with Crippen molar-refractivity contribution >= 4 is 29.1 Å². The standard InChI is InChI=1S/C19H22N4O3S.C9H10.C7H7F/c1-9(2)8-11-14(17(20)24)16(12-4-5-13(27-12)18(25)21-3)15-10(23-11)6-7-22-19(15)26;1-2-5-9-7-3-6-8(9)4-1;1-6-2-4-7(8)5-3-6/h4-5,9H,6-8H2,1-3H3,(H2,20,24)(H,21,25)(H,22,26);1-2,4-5H,3,6-7H2;2-5H,1H3. The molecule has 6 rings (SSSR count). The summed E-state index contributed by atoms with van der Waals surface area (Å²) in [5.41, 5.74) is 12.4. The third-order valence-corrected chi connectivity index (χ3v) is 8.50. The number of carbonyl (C=O) groups is 3. The Labute approximate surface area is 262 Å². The van der Waals surface area contributed by atoms with Crippen molar-refractivity contribution in [3.05, 3.63) is 111 Å². The van der Waals surface area contributed by atoms with Gasteiger partial charge in [-0.3, -0.25) is 19.4 Å². The summed E-state index contributed by atoms with van der Waals surface area (Å²) in [6.07, 6.45) is 5.13. The van der Waals surface area contributed by atoms with E-state index in [9.17, 15) is 18.8 Å². The van der Waals surface area contributed by atoms with Crippen molar-refractivity contribution in [3.8, 4) is 10.4 Å². The molecule has 0 bridgehead atoms. The van der Waals surface area contributed by atoms with Gasteiger partial charge in [0.2, 0.25) is 0 Å². The van der Waals surface area contributed by atoms with Crippen LogP contribution in [0.4, 0.5) is 4.39 Å². The molecule has 3 amide bonds. The van der Waals surface area contributed by atoms with Gasteiger partial charge in [0.05, 0.1) is 27.4 Å². The van der Waals surface area contributed by atoms with E-state index >= 15 is 0 Å². The number of pyridine rings is 1. The summed E-state index contributed by atoms with van der Waals surface area (Å²) in [4.78, 5) is 42.7. The summed E-state index contributed by atoms with van der Waals surface area (Å²) in [6, 6.07) is 18.6. The number of aryl methyl sites for hydroxylation is 3. The zero-order valence-corrected chi connectivity index (χ0v) is 26.4. The normalized spacial score (nSPS) is 13.0. The van der Waals surface area contributed by atoms with Crippen LogP contribution in [0.5, 0.6) is 0 Å². The topological polar surface area (TPSA) is 114 Å². The van der Waals surface area contributed by atoms with Gasteiger partial charge in [0.15, 0.2) is 0 Å². The van der Waals surface area contributed by atoms with Crippen LogP contribution in [-0.2, 0) is 25.7 Å². The summed E-state index contributed by atoms with van der Waals surface area (Å²) in [7, 11) is 1.55. The molecule has 3 heterocycles. The second kappa shape index (κ2) is 14.9. The van der Waals surface area contributed by atoms with Crippen LogP contribution in [0.15, 0.2) is 60.7 Å². The average Bonchev–Trinajstić information content (AvgIpc) is 3.68. The first kappa shape index (κ1) is 32.5. The smallest absolute Gasteiger partial charge is 0.261 e. The Morgan fingerprint density at radius 3 is 2.23 bits per heavy atom. The molecule has 2 aliphatic rings. The molecule has 0 fully saturated rings. The van der Waals surface area contributed by atoms with Crippen molar-refractivity contribution in [2.24, 2.45) is 11.7 Å². The minimum absolute atomic E-state index is 0.171. The fourth-order valence-electron chi connectivity index (χ4n) is 5.31. The SMILES string of the molecule is CNC(=O)c1ccc(-c2c(C(N)=O)c(CC(C)C)nc3c2C(=O)NCC3)s1.Cc1ccc(F)cc1.c1ccc2c(c1)CCC2. The highest BCUT2D eigenvalue weighted by molar-refractivity contribution is 7.17. The lowest BCUT2D eigenvalue weighted by molar-refractivity contribution is 0.0943. The van der Waals surface area contributed by atoms with Crippen molar-refractivity contribution in [2.45, 2.75) is 52.9 Å². The number of nitrogens with zero attached hydrogens (tertiary/aromatic N) is 1. The number of hydrogen-bond acceptors (Lipinski definition) is 5. The van der Waals surface area contributed by atoms with E-state index in [-0.39, 0.29) is 29.1 Å². The summed E-state index contributed by atoms with van der Waals surface area (Å²) in [5, 5.41) is 5.39. The van der Waals surface area contributed by atoms with Gasteiger partial charge in [-0.05, 0) is 73.9 Å². The summed E-state index contributed by atoms with van der Waals surface area (Å²) in [6.45, 7) is 6.50. The number of primary amides is 1. The molecule has 2 aromatic carbocycles. The fraction of sp³-hybridized carbons (Fsp3) is 0.314. The number of hydrogen-bond donors (Lipinski definition) is 3. The number of fused-ring (bicyclic) bond motifs is 2. The van der Waals surface area contributed by atoms with Crippen molar-refractivity contribution in [1.82, 2.24) is 15.6 Å². The maximum absolute atomic E-state index is 12.6. The molecule has 0 unspecified atom stereocenters. The van der Waals surface area contributed by atoms with Gasteiger partial charge in [-0.25, -0.2) is 4.39 Å². The largest absolute Gasteiger partial charge is 0.366 e. The van der Waals surface area contributed by atoms with Gasteiger partial charge in [0, 0.05) is 30.5 Å². The van der Waals surface area contributed by atoms with Gasteiger partial charge < -0.3 is 16.4 Å². The van der Waals surface area contributed by atoms with Crippen LogP contribution in [-0.4, -0.2) is 36.3 Å². The number of amides is 3. The molecule has 4 aromatic rings. The highest BCUT2D eigenvalue weighted by Gasteiger charge is 2.30. The van der Waals surface area contributed by atoms with Gasteiger partial charge >= 0.3 is 0 Å². The van der Waals surface area contributed by atoms with E-state index in [1.54, 1.807) is 42.4 Å². The van der Waals surface area contributed by atoms with Crippen LogP contribution < -0.4 is 16.4 Å². The van der Waals surface area contributed by atoms with Crippen LogP contribution >= 0.6 is 11.3 Å². The Bertz CT molecular complexity index is 1600. The Balaban J connectivity index is 0.000000208. The first-order valence-electron chi connectivity index (χ1n) is 14.8. The zero-order chi connectivity index (χ0) is 31.8. The number of rotatable bonds is 5. The molecule has 9 heteroatoms. The Kier molecular flexibility index (Phi) is 11.0. The van der Waals surface area contributed by atoms with E-state index in [4.69, 9.17) is 5.73 Å². The number of nitrogens with one attached hydrogen (secondary N) is 2. The third kappa shape index (κ3) is 7.96. The summed E-state index contributed by atoms with van der Waals surface area (Å²) < 4.78 is 12.1. The van der Waals surface area contributed by atoms with E-state index in [0.717, 1.165) is 5.56 Å². The highest BCUT2D eigenvalue weighted by atomic mass is 32.1. The number of thiophene rings is 1. The van der Waals surface area contributed by atoms with Crippen LogP contribution in [0.3, 0.4) is 0 Å². The first-order valence-corrected chi connectivity index (χ1v) is 15.7. The molecule has 1 aliphatic heterocycles. The molecule has 0 saturated carbocycles. The molecular formula is C35H39FN4O3S. The molecule has 0 radical (unpaired) electrons. The Morgan fingerprint density at radius 1 is 1.00 bits per heavy atom. The third-order valence-electron chi connectivity index (χ3n) is 7.39. The number of halogens is 1. The van der Waals surface area contributed by atoms with Crippen LogP contribution in [0.1, 0.15) is 78.7 Å². The van der Waals surface area contributed by atoms with Crippen molar-refractivity contribution in [1.29, 1.82) is 0 Å². The van der Waals surface area contributed by atoms with Crippen LogP contribution in [0.25, 0.3) is 10.4 Å². The minimum atomic E-state index is -0.621. The Hall–Kier alpha value is -4.37. The molecule has 230 valence electrons.